The van der Waals surface area contributed by atoms with Gasteiger partial charge in [0.2, 0.25) is 0 Å². The van der Waals surface area contributed by atoms with E-state index in [1.807, 2.05) is 0 Å². The molecule has 1 atom stereocenters. The molecular weight excluding hydrogens is 385 g/mol. The first-order valence-electron chi connectivity index (χ1n) is 7.05. The fourth-order valence-electron chi connectivity index (χ4n) is 2.91. The van der Waals surface area contributed by atoms with E-state index in [1.165, 1.54) is 16.1 Å². The summed E-state index contributed by atoms with van der Waals surface area (Å²) in [5.41, 5.74) is 4.17. The van der Waals surface area contributed by atoms with E-state index in [1.54, 1.807) is 11.3 Å². The van der Waals surface area contributed by atoms with Crippen molar-refractivity contribution in [3.8, 4) is 0 Å². The van der Waals surface area contributed by atoms with E-state index >= 15 is 0 Å². The van der Waals surface area contributed by atoms with Crippen LogP contribution in [0.15, 0.2) is 35.7 Å². The molecule has 3 rings (SSSR count). The first-order chi connectivity index (χ1) is 10.5. The normalized spacial score (nSPS) is 15.3. The molecule has 0 aliphatic heterocycles. The number of hydrogen-bond acceptors (Lipinski definition) is 2. The molecule has 5 heteroatoms. The SMILES string of the molecule is Cc1csc(CC(C)(C)C2C=Cc3ccccc32)n1.[CH3-].[Cl][Cr+][Cl]. The van der Waals surface area contributed by atoms with E-state index in [4.69, 9.17) is 20.1 Å². The van der Waals surface area contributed by atoms with Crippen molar-refractivity contribution in [1.29, 1.82) is 0 Å². The topological polar surface area (TPSA) is 12.9 Å². The molecule has 1 heterocycles. The maximum atomic E-state index is 4.83. The van der Waals surface area contributed by atoms with Crippen LogP contribution >= 0.6 is 31.4 Å². The average Bonchev–Trinajstić information content (AvgIpc) is 3.05. The van der Waals surface area contributed by atoms with Crippen molar-refractivity contribution in [2.45, 2.75) is 33.1 Å². The number of fused-ring (bicyclic) bond motifs is 1. The molecule has 1 aromatic carbocycles. The Hall–Kier alpha value is -0.298. The van der Waals surface area contributed by atoms with E-state index in [0.29, 0.717) is 5.92 Å². The van der Waals surface area contributed by atoms with Gasteiger partial charge in [-0.1, -0.05) is 50.3 Å². The van der Waals surface area contributed by atoms with Gasteiger partial charge in [0.1, 0.15) is 0 Å². The number of hydrogen-bond donors (Lipinski definition) is 0. The van der Waals surface area contributed by atoms with Gasteiger partial charge in [-0.3, -0.25) is 0 Å². The number of rotatable bonds is 3. The van der Waals surface area contributed by atoms with Crippen LogP contribution in [0.25, 0.3) is 6.08 Å². The summed E-state index contributed by atoms with van der Waals surface area (Å²) in [6.07, 6.45) is 5.65. The molecule has 0 fully saturated rings. The second-order valence-electron chi connectivity index (χ2n) is 6.07. The van der Waals surface area contributed by atoms with Crippen molar-refractivity contribution in [3.05, 3.63) is 65.0 Å². The molecule has 1 aromatic heterocycles. The van der Waals surface area contributed by atoms with Gasteiger partial charge in [-0.2, -0.15) is 0 Å². The molecule has 0 bridgehead atoms. The van der Waals surface area contributed by atoms with E-state index in [9.17, 15) is 0 Å². The molecule has 0 amide bonds. The van der Waals surface area contributed by atoms with Gasteiger partial charge in [0.25, 0.3) is 0 Å². The Balaban J connectivity index is 0.000000615. The van der Waals surface area contributed by atoms with Crippen LogP contribution in [0.4, 0.5) is 0 Å². The fraction of sp³-hybridized carbons (Fsp3) is 0.333. The molecule has 2 aromatic rings. The van der Waals surface area contributed by atoms with E-state index in [0.717, 1.165) is 12.1 Å². The third kappa shape index (κ3) is 5.34. The summed E-state index contributed by atoms with van der Waals surface area (Å²) in [4.78, 5) is 4.62. The van der Waals surface area contributed by atoms with Crippen molar-refractivity contribution in [2.24, 2.45) is 5.41 Å². The van der Waals surface area contributed by atoms with Gasteiger partial charge in [0, 0.05) is 23.4 Å². The molecule has 1 aliphatic carbocycles. The van der Waals surface area contributed by atoms with Crippen LogP contribution < -0.4 is 0 Å². The van der Waals surface area contributed by atoms with Crippen molar-refractivity contribution in [2.75, 3.05) is 0 Å². The molecule has 1 unspecified atom stereocenters. The fourth-order valence-corrected chi connectivity index (χ4v) is 3.93. The van der Waals surface area contributed by atoms with Crippen LogP contribution in [0.2, 0.25) is 0 Å². The van der Waals surface area contributed by atoms with Crippen molar-refractivity contribution >= 4 is 37.5 Å². The Bertz CT molecular complexity index is 652. The van der Waals surface area contributed by atoms with Crippen molar-refractivity contribution in [3.63, 3.8) is 0 Å². The van der Waals surface area contributed by atoms with Crippen molar-refractivity contribution < 1.29 is 13.4 Å². The molecule has 0 radical (unpaired) electrons. The van der Waals surface area contributed by atoms with Gasteiger partial charge in [-0.05, 0) is 23.5 Å². The molecule has 125 valence electrons. The van der Waals surface area contributed by atoms with Gasteiger partial charge in [0.15, 0.2) is 0 Å². The van der Waals surface area contributed by atoms with Crippen LogP contribution in [0.5, 0.6) is 0 Å². The summed E-state index contributed by atoms with van der Waals surface area (Å²) in [5, 5.41) is 3.39. The van der Waals surface area contributed by atoms with Crippen molar-refractivity contribution in [1.82, 2.24) is 4.98 Å². The first kappa shape index (κ1) is 20.7. The summed E-state index contributed by atoms with van der Waals surface area (Å²) >= 11 is 1.60. The van der Waals surface area contributed by atoms with Crippen LogP contribution in [-0.4, -0.2) is 4.98 Å². The minimum absolute atomic E-state index is 0. The van der Waals surface area contributed by atoms with Crippen LogP contribution in [0.3, 0.4) is 0 Å². The Morgan fingerprint density at radius 2 is 1.91 bits per heavy atom. The molecule has 0 saturated carbocycles. The summed E-state index contributed by atoms with van der Waals surface area (Å²) in [5.74, 6) is 0.493. The zero-order chi connectivity index (χ0) is 16.2. The van der Waals surface area contributed by atoms with Crippen LogP contribution in [0, 0.1) is 19.8 Å². The number of halogens is 2. The minimum atomic E-state index is -0.181. The van der Waals surface area contributed by atoms with Crippen LogP contribution in [0.1, 0.15) is 41.6 Å². The number of nitrogens with zero attached hydrogens (tertiary/aromatic N) is 1. The second kappa shape index (κ2) is 9.25. The molecule has 23 heavy (non-hydrogen) atoms. The number of benzene rings is 1. The second-order valence-corrected chi connectivity index (χ2v) is 9.12. The summed E-state index contributed by atoms with van der Waals surface area (Å²) < 4.78 is 0. The van der Waals surface area contributed by atoms with E-state index < -0.39 is 0 Å². The molecular formula is C18H22Cl2CrNS. The molecule has 0 spiro atoms. The summed E-state index contributed by atoms with van der Waals surface area (Å²) in [6.45, 7) is 6.76. The number of allylic oxidation sites excluding steroid dienone is 1. The summed E-state index contributed by atoms with van der Waals surface area (Å²) in [6, 6.07) is 8.72. The quantitative estimate of drug-likeness (QED) is 0.519. The molecule has 1 nitrogen and oxygen atoms in total. The number of thiazole rings is 1. The zero-order valence-corrected chi connectivity index (χ0v) is 17.4. The third-order valence-corrected chi connectivity index (χ3v) is 4.88. The predicted molar refractivity (Wildman–Crippen MR) is 101 cm³/mol. The number of aromatic nitrogens is 1. The standard InChI is InChI=1S/C17H19NS.CH3.2ClH.Cr/c1-12-11-19-16(18-12)10-17(2,3)15-9-8-13-6-4-5-7-14(13)15;;;;/h4-9,11,15H,10H2,1-3H3;1H3;2*1H;/q;-1;;;+3/p-2. The monoisotopic (exact) mass is 406 g/mol. The molecule has 0 N–H and O–H groups in total. The Morgan fingerprint density at radius 1 is 1.26 bits per heavy atom. The number of aryl methyl sites for hydroxylation is 1. The average molecular weight is 407 g/mol. The van der Waals surface area contributed by atoms with Gasteiger partial charge in [-0.15, -0.1) is 11.3 Å². The Kier molecular flexibility index (Phi) is 8.35. The molecule has 1 aliphatic rings. The Morgan fingerprint density at radius 3 is 2.52 bits per heavy atom. The molecule has 0 saturated heterocycles. The van der Waals surface area contributed by atoms with E-state index in [-0.39, 0.29) is 26.2 Å². The Labute approximate surface area is 158 Å². The zero-order valence-electron chi connectivity index (χ0n) is 13.8. The van der Waals surface area contributed by atoms with Gasteiger partial charge < -0.3 is 7.43 Å². The van der Waals surface area contributed by atoms with Gasteiger partial charge in [0.05, 0.1) is 5.01 Å². The summed E-state index contributed by atoms with van der Waals surface area (Å²) in [7, 11) is 9.65. The first-order valence-corrected chi connectivity index (χ1v) is 11.4. The maximum absolute atomic E-state index is 4.83. The van der Waals surface area contributed by atoms with Crippen LogP contribution in [-0.2, 0) is 19.8 Å². The van der Waals surface area contributed by atoms with Gasteiger partial charge >= 0.3 is 33.5 Å². The van der Waals surface area contributed by atoms with Gasteiger partial charge in [-0.25, -0.2) is 4.98 Å². The predicted octanol–water partition coefficient (Wildman–Crippen LogP) is 6.66. The van der Waals surface area contributed by atoms with E-state index in [2.05, 4.69) is 67.6 Å². The third-order valence-electron chi connectivity index (χ3n) is 3.91.